The summed E-state index contributed by atoms with van der Waals surface area (Å²) in [6.07, 6.45) is 0. The Labute approximate surface area is 79.9 Å². The van der Waals surface area contributed by atoms with Crippen LogP contribution in [-0.2, 0) is 0 Å². The van der Waals surface area contributed by atoms with Gasteiger partial charge >= 0.3 is 0 Å². The van der Waals surface area contributed by atoms with E-state index < -0.39 is 0 Å². The van der Waals surface area contributed by atoms with Crippen LogP contribution in [0.5, 0.6) is 0 Å². The minimum absolute atomic E-state index is 0. The molecule has 0 aliphatic rings. The molecule has 0 rings (SSSR count). The van der Waals surface area contributed by atoms with Crippen LogP contribution >= 0.6 is 49.6 Å². The molecule has 0 atom stereocenters. The van der Waals surface area contributed by atoms with Crippen LogP contribution in [-0.4, -0.2) is 0 Å². The molecule has 0 spiro atoms. The molecule has 0 saturated heterocycles. The first-order valence-electron chi connectivity index (χ1n) is 0. The van der Waals surface area contributed by atoms with E-state index in [-0.39, 0.29) is 80.7 Å². The Morgan fingerprint density at radius 1 is 0.400 bits per heavy atom. The molecular weight excluding hydrogens is 380 g/mol. The Morgan fingerprint density at radius 2 is 0.400 bits per heavy atom. The van der Waals surface area contributed by atoms with Crippen molar-refractivity contribution >= 4 is 49.6 Å². The molecule has 0 nitrogen and oxygen atoms in total. The molecule has 0 aliphatic carbocycles. The molecule has 0 amide bonds. The quantitative estimate of drug-likeness (QED) is 0.597. The molecule has 0 fully saturated rings. The zero-order valence-electron chi connectivity index (χ0n) is 2.13. The zero-order valence-corrected chi connectivity index (χ0v) is 9.56. The average Bonchev–Trinajstić information content (AvgIpc) is 0. The maximum absolute atomic E-state index is 0. The van der Waals surface area contributed by atoms with E-state index in [1.165, 1.54) is 0 Å². The Bertz CT molecular complexity index is 3.61. The third-order valence-corrected chi connectivity index (χ3v) is 0. The van der Waals surface area contributed by atoms with E-state index in [1.54, 1.807) is 0 Å². The van der Waals surface area contributed by atoms with E-state index in [9.17, 15) is 0 Å². The summed E-state index contributed by atoms with van der Waals surface area (Å²) >= 11 is 0. The van der Waals surface area contributed by atoms with Crippen molar-refractivity contribution in [2.45, 2.75) is 0 Å². The molecule has 0 aliphatic heterocycles. The van der Waals surface area contributed by atoms with Crippen LogP contribution in [0.3, 0.4) is 0 Å². The van der Waals surface area contributed by atoms with Gasteiger partial charge in [-0.15, -0.1) is 49.6 Å². The van der Waals surface area contributed by atoms with Crippen LogP contribution in [0, 0.1) is 31.1 Å². The van der Waals surface area contributed by atoms with Crippen LogP contribution in [0.1, 0.15) is 0 Å². The van der Waals surface area contributed by atoms with E-state index in [1.807, 2.05) is 0 Å². The summed E-state index contributed by atoms with van der Waals surface area (Å²) in [5, 5.41) is 0. The van der Waals surface area contributed by atoms with E-state index >= 15 is 0 Å². The van der Waals surface area contributed by atoms with Crippen molar-refractivity contribution < 1.29 is 31.1 Å². The minimum atomic E-state index is 0. The third-order valence-electron chi connectivity index (χ3n) is 0. The minimum Gasteiger partial charge on any atom is -0.147 e. The first kappa shape index (κ1) is 56.9. The molecule has 0 N–H and O–H groups in total. The Morgan fingerprint density at radius 3 is 0.400 bits per heavy atom. The van der Waals surface area contributed by atoms with E-state index in [4.69, 9.17) is 0 Å². The fourth-order valence-electron chi connectivity index (χ4n) is 0. The first-order valence-corrected chi connectivity index (χ1v) is 0. The predicted octanol–water partition coefficient (Wildman–Crippen LogP) is 1.69. The van der Waals surface area contributed by atoms with Gasteiger partial charge in [-0.25, -0.2) is 0 Å². The largest absolute Gasteiger partial charge is 0.147 e. The van der Waals surface area contributed by atoms with Gasteiger partial charge in [0, 0.05) is 31.1 Å². The molecule has 5 heavy (non-hydrogen) atoms. The van der Waals surface area contributed by atoms with Gasteiger partial charge < -0.3 is 0 Å². The van der Waals surface area contributed by atoms with Crippen molar-refractivity contribution in [2.75, 3.05) is 0 Å². The van der Waals surface area contributed by atoms with Crippen LogP contribution in [0.2, 0.25) is 0 Å². The van der Waals surface area contributed by atoms with E-state index in [2.05, 4.69) is 0 Å². The molecule has 0 radical (unpaired) electrons. The van der Waals surface area contributed by atoms with Gasteiger partial charge in [0.25, 0.3) is 0 Å². The van der Waals surface area contributed by atoms with Crippen LogP contribution in [0.4, 0.5) is 0 Å². The summed E-state index contributed by atoms with van der Waals surface area (Å²) in [5.41, 5.74) is 0. The fourth-order valence-corrected chi connectivity index (χ4v) is 0. The van der Waals surface area contributed by atoms with Crippen molar-refractivity contribution in [1.82, 2.24) is 0 Å². The fraction of sp³-hybridized carbons (Fsp3) is 0. The summed E-state index contributed by atoms with van der Waals surface area (Å²) in [4.78, 5) is 0. The van der Waals surface area contributed by atoms with Crippen LogP contribution in [0.15, 0.2) is 0 Å². The van der Waals surface area contributed by atoms with Crippen LogP contribution in [0.25, 0.3) is 0 Å². The van der Waals surface area contributed by atoms with Gasteiger partial charge in [0.1, 0.15) is 0 Å². The second-order valence-electron chi connectivity index (χ2n) is 0. The first-order chi connectivity index (χ1) is 0. The van der Waals surface area contributed by atoms with Gasteiger partial charge in [-0.05, 0) is 0 Å². The summed E-state index contributed by atoms with van der Waals surface area (Å²) in [5.74, 6) is 0. The van der Waals surface area contributed by atoms with Gasteiger partial charge in [0.2, 0.25) is 0 Å². The maximum atomic E-state index is 0. The number of hydrogen-bond acceptors (Lipinski definition) is 0. The third kappa shape index (κ3) is 22.5. The predicted molar refractivity (Wildman–Crippen MR) is 29.0 cm³/mol. The van der Waals surface area contributed by atoms with Crippen molar-refractivity contribution in [3.05, 3.63) is 0 Å². The Hall–Kier alpha value is 2.21. The molecule has 0 bridgehead atoms. The molecule has 36 valence electrons. The molecular formula is H4Cl4U. The van der Waals surface area contributed by atoms with Gasteiger partial charge in [-0.3, -0.25) is 0 Å². The molecule has 0 saturated carbocycles. The van der Waals surface area contributed by atoms with Crippen molar-refractivity contribution in [2.24, 2.45) is 0 Å². The molecule has 0 unspecified atom stereocenters. The summed E-state index contributed by atoms with van der Waals surface area (Å²) < 4.78 is 0. The van der Waals surface area contributed by atoms with Crippen molar-refractivity contribution in [3.8, 4) is 0 Å². The number of halogens is 4. The zero-order chi connectivity index (χ0) is 0. The SMILES string of the molecule is Cl.Cl.Cl.Cl.[U]. The normalized spacial score (nSPS) is 0. The molecule has 5 heteroatoms. The maximum Gasteiger partial charge on any atom is 0 e. The van der Waals surface area contributed by atoms with Gasteiger partial charge in [-0.1, -0.05) is 0 Å². The number of rotatable bonds is 0. The van der Waals surface area contributed by atoms with Crippen molar-refractivity contribution in [1.29, 1.82) is 0 Å². The monoisotopic (exact) mass is 382 g/mol. The van der Waals surface area contributed by atoms with Gasteiger partial charge in [0.15, 0.2) is 0 Å². The topological polar surface area (TPSA) is 0 Å². The standard InChI is InChI=1S/4ClH.U/h4*1H;. The summed E-state index contributed by atoms with van der Waals surface area (Å²) in [7, 11) is 0. The van der Waals surface area contributed by atoms with Crippen LogP contribution < -0.4 is 0 Å². The second kappa shape index (κ2) is 34.5. The summed E-state index contributed by atoms with van der Waals surface area (Å²) in [6, 6.07) is 0. The molecule has 0 heterocycles. The summed E-state index contributed by atoms with van der Waals surface area (Å²) in [6.45, 7) is 0. The smallest absolute Gasteiger partial charge is 0 e. The van der Waals surface area contributed by atoms with E-state index in [0.717, 1.165) is 0 Å². The van der Waals surface area contributed by atoms with Crippen molar-refractivity contribution in [3.63, 3.8) is 0 Å². The number of hydrogen-bond donors (Lipinski definition) is 0. The second-order valence-corrected chi connectivity index (χ2v) is 0. The molecule has 0 aromatic heterocycles. The Kier molecular flexibility index (Phi) is 392. The molecule has 0 aromatic rings. The van der Waals surface area contributed by atoms with E-state index in [0.29, 0.717) is 0 Å². The average molecular weight is 384 g/mol. The van der Waals surface area contributed by atoms with Gasteiger partial charge in [0.05, 0.1) is 0 Å². The Balaban J connectivity index is 0. The van der Waals surface area contributed by atoms with Gasteiger partial charge in [-0.2, -0.15) is 0 Å². The molecule has 0 aromatic carbocycles.